The number of fused-ring (bicyclic) bond motifs is 1. The quantitative estimate of drug-likeness (QED) is 0.738. The Balaban J connectivity index is 2.25. The van der Waals surface area contributed by atoms with Crippen LogP contribution in [-0.2, 0) is 13.6 Å². The zero-order valence-corrected chi connectivity index (χ0v) is 12.9. The highest BCUT2D eigenvalue weighted by molar-refractivity contribution is 5.74. The summed E-state index contributed by atoms with van der Waals surface area (Å²) in [5.74, 6) is 1.45. The minimum absolute atomic E-state index is 0.594. The molecule has 2 heterocycles. The monoisotopic (exact) mass is 291 g/mol. The van der Waals surface area contributed by atoms with Crippen LogP contribution in [0.4, 0.5) is 0 Å². The molecule has 1 aliphatic heterocycles. The molecule has 3 heteroatoms. The molecule has 22 heavy (non-hydrogen) atoms. The molecule has 0 fully saturated rings. The average molecular weight is 291 g/mol. The predicted octanol–water partition coefficient (Wildman–Crippen LogP) is 3.52. The van der Waals surface area contributed by atoms with Crippen LogP contribution in [0.5, 0.6) is 5.75 Å². The number of aliphatic imine (C=N–C) groups is 1. The molecule has 0 bridgehead atoms. The molecule has 1 aromatic heterocycles. The highest BCUT2D eigenvalue weighted by atomic mass is 16.5. The Hall–Kier alpha value is -2.68. The molecule has 0 spiro atoms. The number of rotatable bonds is 1. The van der Waals surface area contributed by atoms with Crippen molar-refractivity contribution in [2.75, 3.05) is 0 Å². The van der Waals surface area contributed by atoms with Crippen LogP contribution in [0.1, 0.15) is 11.1 Å². The summed E-state index contributed by atoms with van der Waals surface area (Å²) in [7, 11) is 2.04. The number of hydrogen-bond donors (Lipinski definition) is 0. The highest BCUT2D eigenvalue weighted by Gasteiger charge is 2.21. The summed E-state index contributed by atoms with van der Waals surface area (Å²) >= 11 is 0. The number of hydrogen-bond acceptors (Lipinski definition) is 2. The van der Waals surface area contributed by atoms with E-state index in [9.17, 15) is 0 Å². The van der Waals surface area contributed by atoms with E-state index in [1.165, 1.54) is 5.56 Å². The van der Waals surface area contributed by atoms with Crippen molar-refractivity contribution in [3.8, 4) is 17.0 Å². The van der Waals surface area contributed by atoms with Gasteiger partial charge < -0.3 is 4.74 Å². The second-order valence-electron chi connectivity index (χ2n) is 5.36. The van der Waals surface area contributed by atoms with Crippen molar-refractivity contribution in [1.29, 1.82) is 0 Å². The molecule has 0 saturated carbocycles. The van der Waals surface area contributed by atoms with E-state index in [-0.39, 0.29) is 0 Å². The third kappa shape index (κ3) is 2.70. The van der Waals surface area contributed by atoms with Crippen LogP contribution in [0, 0.1) is 6.92 Å². The normalized spacial score (nSPS) is 16.7. The summed E-state index contributed by atoms with van der Waals surface area (Å²) in [5, 5.41) is 0. The molecule has 0 N–H and O–H groups in total. The van der Waals surface area contributed by atoms with Gasteiger partial charge in [0, 0.05) is 23.9 Å². The lowest BCUT2D eigenvalue weighted by Crippen LogP contribution is -2.30. The molecule has 0 atom stereocenters. The SMILES string of the molecule is C=C1/C=C\C=N/Cc2ccc(C)c(-c3cccc[n+]3C)c2O1. The summed E-state index contributed by atoms with van der Waals surface area (Å²) in [6, 6.07) is 10.3. The van der Waals surface area contributed by atoms with Crippen LogP contribution in [0.3, 0.4) is 0 Å². The molecule has 3 nitrogen and oxygen atoms in total. The summed E-state index contributed by atoms with van der Waals surface area (Å²) in [4.78, 5) is 4.41. The number of allylic oxidation sites excluding steroid dienone is 2. The smallest absolute Gasteiger partial charge is 0.216 e. The molecule has 0 saturated heterocycles. The van der Waals surface area contributed by atoms with E-state index >= 15 is 0 Å². The van der Waals surface area contributed by atoms with E-state index < -0.39 is 0 Å². The maximum absolute atomic E-state index is 6.06. The van der Waals surface area contributed by atoms with E-state index in [1.807, 2.05) is 37.5 Å². The van der Waals surface area contributed by atoms with Gasteiger partial charge in [0.1, 0.15) is 18.6 Å². The Kier molecular flexibility index (Phi) is 3.88. The van der Waals surface area contributed by atoms with Crippen LogP contribution >= 0.6 is 0 Å². The zero-order valence-electron chi connectivity index (χ0n) is 12.9. The van der Waals surface area contributed by atoms with Crippen LogP contribution in [0.2, 0.25) is 0 Å². The van der Waals surface area contributed by atoms with E-state index in [4.69, 9.17) is 4.74 Å². The first-order valence-electron chi connectivity index (χ1n) is 7.27. The maximum atomic E-state index is 6.06. The Morgan fingerprint density at radius 1 is 1.23 bits per heavy atom. The minimum Gasteiger partial charge on any atom is -0.457 e. The number of nitrogens with zero attached hydrogens (tertiary/aromatic N) is 2. The van der Waals surface area contributed by atoms with Crippen molar-refractivity contribution in [2.24, 2.45) is 12.0 Å². The van der Waals surface area contributed by atoms with Gasteiger partial charge in [0.15, 0.2) is 6.20 Å². The van der Waals surface area contributed by atoms with Crippen molar-refractivity contribution >= 4 is 6.21 Å². The van der Waals surface area contributed by atoms with E-state index in [1.54, 1.807) is 6.21 Å². The van der Waals surface area contributed by atoms with Crippen molar-refractivity contribution in [2.45, 2.75) is 13.5 Å². The van der Waals surface area contributed by atoms with E-state index in [0.29, 0.717) is 12.3 Å². The summed E-state index contributed by atoms with van der Waals surface area (Å²) < 4.78 is 8.16. The van der Waals surface area contributed by atoms with Gasteiger partial charge in [-0.15, -0.1) is 0 Å². The fourth-order valence-electron chi connectivity index (χ4n) is 2.59. The van der Waals surface area contributed by atoms with Crippen molar-refractivity contribution in [3.63, 3.8) is 0 Å². The molecule has 0 radical (unpaired) electrons. The van der Waals surface area contributed by atoms with Crippen molar-refractivity contribution < 1.29 is 9.30 Å². The highest BCUT2D eigenvalue weighted by Crippen LogP contribution is 2.36. The van der Waals surface area contributed by atoms with Gasteiger partial charge in [0.05, 0.1) is 12.1 Å². The fraction of sp³-hybridized carbons (Fsp3) is 0.158. The number of benzene rings is 1. The second-order valence-corrected chi connectivity index (χ2v) is 5.36. The number of aryl methyl sites for hydroxylation is 2. The van der Waals surface area contributed by atoms with Gasteiger partial charge in [0.25, 0.3) is 0 Å². The first-order valence-corrected chi connectivity index (χ1v) is 7.27. The first kappa shape index (κ1) is 14.3. The minimum atomic E-state index is 0.594. The molecule has 0 amide bonds. The first-order chi connectivity index (χ1) is 10.7. The number of pyridine rings is 1. The average Bonchev–Trinajstić information content (AvgIpc) is 2.58. The number of aromatic nitrogens is 1. The van der Waals surface area contributed by atoms with Gasteiger partial charge in [0.2, 0.25) is 5.69 Å². The van der Waals surface area contributed by atoms with Gasteiger partial charge >= 0.3 is 0 Å². The van der Waals surface area contributed by atoms with Crippen molar-refractivity contribution in [1.82, 2.24) is 0 Å². The lowest BCUT2D eigenvalue weighted by atomic mass is 9.99. The van der Waals surface area contributed by atoms with Gasteiger partial charge in [-0.1, -0.05) is 18.7 Å². The molecule has 1 aliphatic rings. The van der Waals surface area contributed by atoms with Gasteiger partial charge in [-0.05, 0) is 30.7 Å². The molecule has 110 valence electrons. The molecule has 3 rings (SSSR count). The third-order valence-electron chi connectivity index (χ3n) is 3.73. The molecule has 2 aromatic rings. The van der Waals surface area contributed by atoms with Gasteiger partial charge in [-0.25, -0.2) is 4.57 Å². The summed E-state index contributed by atoms with van der Waals surface area (Å²) in [6.45, 7) is 6.66. The zero-order chi connectivity index (χ0) is 15.5. The van der Waals surface area contributed by atoms with Crippen molar-refractivity contribution in [3.05, 3.63) is 72.1 Å². The maximum Gasteiger partial charge on any atom is 0.216 e. The molecular weight excluding hydrogens is 272 g/mol. The lowest BCUT2D eigenvalue weighted by molar-refractivity contribution is -0.660. The van der Waals surface area contributed by atoms with Crippen LogP contribution in [-0.4, -0.2) is 6.21 Å². The molecule has 0 aliphatic carbocycles. The number of ether oxygens (including phenoxy) is 1. The van der Waals surface area contributed by atoms with Crippen LogP contribution in [0.25, 0.3) is 11.3 Å². The van der Waals surface area contributed by atoms with Crippen LogP contribution < -0.4 is 9.30 Å². The fourth-order valence-corrected chi connectivity index (χ4v) is 2.59. The Bertz CT molecular complexity index is 788. The van der Waals surface area contributed by atoms with Gasteiger partial charge in [-0.2, -0.15) is 0 Å². The summed E-state index contributed by atoms with van der Waals surface area (Å²) in [6.07, 6.45) is 7.50. The van der Waals surface area contributed by atoms with E-state index in [0.717, 1.165) is 22.6 Å². The van der Waals surface area contributed by atoms with Gasteiger partial charge in [-0.3, -0.25) is 4.99 Å². The third-order valence-corrected chi connectivity index (χ3v) is 3.73. The summed E-state index contributed by atoms with van der Waals surface area (Å²) in [5.41, 5.74) is 4.43. The topological polar surface area (TPSA) is 25.5 Å². The Labute approximate surface area is 130 Å². The molecular formula is C19H19N2O+. The Morgan fingerprint density at radius 2 is 2.09 bits per heavy atom. The predicted molar refractivity (Wildman–Crippen MR) is 88.9 cm³/mol. The second kappa shape index (κ2) is 5.98. The van der Waals surface area contributed by atoms with E-state index in [2.05, 4.69) is 41.3 Å². The lowest BCUT2D eigenvalue weighted by Gasteiger charge is -2.15. The largest absolute Gasteiger partial charge is 0.457 e. The molecule has 0 unspecified atom stereocenters. The molecule has 1 aromatic carbocycles. The standard InChI is InChI=1S/C19H19N2O/c1-14-9-10-16-13-20-11-6-7-15(2)22-19(16)18(14)17-8-4-5-12-21(17)3/h4-12H,2,13H2,1,3H3/q+1/b7-6-,20-11-. The van der Waals surface area contributed by atoms with Crippen LogP contribution in [0.15, 0.2) is 66.0 Å². The Morgan fingerprint density at radius 3 is 2.91 bits per heavy atom.